The summed E-state index contributed by atoms with van der Waals surface area (Å²) in [4.78, 5) is -0.654. The van der Waals surface area contributed by atoms with Crippen molar-refractivity contribution in [2.45, 2.75) is 23.6 Å². The summed E-state index contributed by atoms with van der Waals surface area (Å²) in [5, 5.41) is 0.217. The third-order valence-electron chi connectivity index (χ3n) is 3.27. The summed E-state index contributed by atoms with van der Waals surface area (Å²) in [5.41, 5.74) is 11.7. The van der Waals surface area contributed by atoms with Crippen molar-refractivity contribution in [2.75, 3.05) is 11.5 Å². The molecule has 0 amide bonds. The van der Waals surface area contributed by atoms with Gasteiger partial charge < -0.3 is 20.6 Å². The molecule has 0 fully saturated rings. The number of nitrogens with two attached hydrogens (primary N) is 2. The molecule has 0 atom stereocenters. The van der Waals surface area contributed by atoms with E-state index in [9.17, 15) is 25.9 Å². The van der Waals surface area contributed by atoms with Gasteiger partial charge in [-0.15, -0.1) is 0 Å². The van der Waals surface area contributed by atoms with Crippen LogP contribution in [0.25, 0.3) is 0 Å². The van der Waals surface area contributed by atoms with E-state index >= 15 is 0 Å². The molecule has 0 aliphatic carbocycles. The third kappa shape index (κ3) is 6.91. The summed E-state index contributed by atoms with van der Waals surface area (Å²) in [6.45, 7) is 2.87. The van der Waals surface area contributed by atoms with E-state index in [1.807, 2.05) is 0 Å². The average Bonchev–Trinajstić information content (AvgIpc) is 2.48. The number of halogens is 2. The summed E-state index contributed by atoms with van der Waals surface area (Å²) in [6, 6.07) is 4.89. The number of hydrogen-bond donors (Lipinski definition) is 2. The molecule has 0 heterocycles. The van der Waals surface area contributed by atoms with Crippen molar-refractivity contribution in [3.05, 3.63) is 45.4 Å². The summed E-state index contributed by atoms with van der Waals surface area (Å²) >= 11 is 11.3. The van der Waals surface area contributed by atoms with E-state index in [0.717, 1.165) is 12.1 Å². The van der Waals surface area contributed by atoms with Gasteiger partial charge in [-0.3, -0.25) is 0 Å². The zero-order valence-corrected chi connectivity index (χ0v) is 19.5. The first-order chi connectivity index (χ1) is 11.7. The Morgan fingerprint density at radius 1 is 0.741 bits per heavy atom. The minimum Gasteiger partial charge on any atom is -0.744 e. The van der Waals surface area contributed by atoms with E-state index in [0.29, 0.717) is 0 Å². The Morgan fingerprint density at radius 2 is 1.00 bits per heavy atom. The fourth-order valence-corrected chi connectivity index (χ4v) is 3.78. The largest absolute Gasteiger partial charge is 2.00 e. The zero-order chi connectivity index (χ0) is 20.4. The first-order valence-corrected chi connectivity index (χ1v) is 10.3. The summed E-state index contributed by atoms with van der Waals surface area (Å²) in [6.07, 6.45) is 0. The molecule has 0 radical (unpaired) electrons. The van der Waals surface area contributed by atoms with Crippen molar-refractivity contribution in [2.24, 2.45) is 0 Å². The molecule has 0 aliphatic rings. The number of hydrogen-bond acceptors (Lipinski definition) is 8. The normalized spacial score (nSPS) is 11.2. The van der Waals surface area contributed by atoms with Crippen LogP contribution in [-0.4, -0.2) is 63.7 Å². The smallest absolute Gasteiger partial charge is 0.744 e. The van der Waals surface area contributed by atoms with Crippen molar-refractivity contribution < 1.29 is 25.9 Å². The number of nitrogen functional groups attached to an aromatic ring is 2. The molecule has 8 nitrogen and oxygen atoms in total. The van der Waals surface area contributed by atoms with Gasteiger partial charge in [0.15, 0.2) is 0 Å². The molecule has 2 rings (SSSR count). The van der Waals surface area contributed by atoms with Crippen molar-refractivity contribution in [3.63, 3.8) is 0 Å². The first-order valence-electron chi connectivity index (χ1n) is 6.68. The molecule has 13 heteroatoms. The predicted molar refractivity (Wildman–Crippen MR) is 103 cm³/mol. The Labute approximate surface area is 197 Å². The maximum Gasteiger partial charge on any atom is 2.00 e. The average molecular weight is 481 g/mol. The van der Waals surface area contributed by atoms with Crippen LogP contribution in [0.1, 0.15) is 11.1 Å². The molecular formula is C14H14CaCl2N2O6S2. The van der Waals surface area contributed by atoms with Crippen LogP contribution < -0.4 is 11.5 Å². The van der Waals surface area contributed by atoms with E-state index in [4.69, 9.17) is 34.7 Å². The van der Waals surface area contributed by atoms with E-state index in [-0.39, 0.29) is 80.1 Å². The van der Waals surface area contributed by atoms with Gasteiger partial charge in [-0.05, 0) is 49.2 Å². The van der Waals surface area contributed by atoms with Gasteiger partial charge in [0.1, 0.15) is 20.2 Å². The summed E-state index contributed by atoms with van der Waals surface area (Å²) < 4.78 is 64.0. The van der Waals surface area contributed by atoms with Gasteiger partial charge in [-0.25, -0.2) is 16.8 Å². The summed E-state index contributed by atoms with van der Waals surface area (Å²) in [5.74, 6) is 0. The maximum absolute atomic E-state index is 10.7. The van der Waals surface area contributed by atoms with Crippen LogP contribution in [0.15, 0.2) is 34.1 Å². The topological polar surface area (TPSA) is 166 Å². The molecule has 0 spiro atoms. The SMILES string of the molecule is Cc1c(S(=O)(=O)[O-])ccc(N)c1Cl.Cc1c(S(=O)(=O)[O-])ccc(N)c1Cl.[Ca+2]. The van der Waals surface area contributed by atoms with Crippen LogP contribution in [-0.2, 0) is 20.2 Å². The van der Waals surface area contributed by atoms with Gasteiger partial charge in [0.2, 0.25) is 0 Å². The minimum absolute atomic E-state index is 0. The van der Waals surface area contributed by atoms with Crippen LogP contribution in [0.2, 0.25) is 10.0 Å². The zero-order valence-electron chi connectivity index (χ0n) is 14.2. The fraction of sp³-hybridized carbons (Fsp3) is 0.143. The van der Waals surface area contributed by atoms with E-state index in [1.165, 1.54) is 26.0 Å². The Bertz CT molecular complexity index is 974. The van der Waals surface area contributed by atoms with Crippen LogP contribution >= 0.6 is 23.2 Å². The van der Waals surface area contributed by atoms with Gasteiger partial charge in [0, 0.05) is 0 Å². The van der Waals surface area contributed by atoms with Crippen molar-refractivity contribution >= 4 is 92.6 Å². The van der Waals surface area contributed by atoms with Crippen LogP contribution in [0, 0.1) is 13.8 Å². The molecule has 2 aromatic carbocycles. The Kier molecular flexibility index (Phi) is 9.84. The van der Waals surface area contributed by atoms with E-state index in [1.54, 1.807) is 0 Å². The molecule has 27 heavy (non-hydrogen) atoms. The van der Waals surface area contributed by atoms with Crippen LogP contribution in [0.5, 0.6) is 0 Å². The van der Waals surface area contributed by atoms with Gasteiger partial charge >= 0.3 is 37.7 Å². The van der Waals surface area contributed by atoms with Crippen molar-refractivity contribution in [1.29, 1.82) is 0 Å². The molecular weight excluding hydrogens is 467 g/mol. The van der Waals surface area contributed by atoms with Crippen molar-refractivity contribution in [3.8, 4) is 0 Å². The molecule has 0 bridgehead atoms. The quantitative estimate of drug-likeness (QED) is 0.373. The maximum atomic E-state index is 10.7. The third-order valence-corrected chi connectivity index (χ3v) is 6.24. The molecule has 0 aromatic heterocycles. The second-order valence-corrected chi connectivity index (χ2v) is 8.54. The van der Waals surface area contributed by atoms with Gasteiger partial charge in [0.05, 0.1) is 31.2 Å². The van der Waals surface area contributed by atoms with E-state index in [2.05, 4.69) is 0 Å². The first kappa shape index (κ1) is 26.7. The van der Waals surface area contributed by atoms with Crippen LogP contribution in [0.3, 0.4) is 0 Å². The molecule has 0 saturated heterocycles. The number of anilines is 2. The molecule has 4 N–H and O–H groups in total. The Morgan fingerprint density at radius 3 is 1.22 bits per heavy atom. The molecule has 0 saturated carbocycles. The van der Waals surface area contributed by atoms with Gasteiger partial charge in [0.25, 0.3) is 0 Å². The Balaban J connectivity index is 0.000000483. The van der Waals surface area contributed by atoms with Crippen LogP contribution in [0.4, 0.5) is 11.4 Å². The van der Waals surface area contributed by atoms with Gasteiger partial charge in [-0.1, -0.05) is 23.2 Å². The summed E-state index contributed by atoms with van der Waals surface area (Å²) in [7, 11) is -8.93. The second-order valence-electron chi connectivity index (χ2n) is 5.09. The molecule has 0 unspecified atom stereocenters. The fourth-order valence-electron chi connectivity index (χ4n) is 1.92. The van der Waals surface area contributed by atoms with Gasteiger partial charge in [-0.2, -0.15) is 0 Å². The van der Waals surface area contributed by atoms with E-state index < -0.39 is 20.2 Å². The molecule has 2 aromatic rings. The standard InChI is InChI=1S/2C7H8ClNO3S.Ca/c2*1-4-6(13(10,11)12)3-2-5(9)7(4)8;/h2*2-3H,9H2,1H3,(H,10,11,12);/q;;+2/p-2. The molecule has 0 aliphatic heterocycles. The monoisotopic (exact) mass is 480 g/mol. The Hall–Kier alpha value is -0.300. The molecule has 144 valence electrons. The number of benzene rings is 2. The van der Waals surface area contributed by atoms with Crippen molar-refractivity contribution in [1.82, 2.24) is 0 Å². The predicted octanol–water partition coefficient (Wildman–Crippen LogP) is 1.89. The second kappa shape index (κ2) is 9.95. The number of rotatable bonds is 2. The minimum atomic E-state index is -4.46.